The highest BCUT2D eigenvalue weighted by molar-refractivity contribution is 6.64. The molecule has 0 N–H and O–H groups in total. The fourth-order valence-corrected chi connectivity index (χ4v) is 1.94. The lowest BCUT2D eigenvalue weighted by atomic mass is 9.47. The molecule has 0 atom stereocenters. The first-order chi connectivity index (χ1) is 8.65. The van der Waals surface area contributed by atoms with Gasteiger partial charge >= 0.3 is 0 Å². The van der Waals surface area contributed by atoms with Gasteiger partial charge < -0.3 is 0 Å². The molecule has 3 heteroatoms. The van der Waals surface area contributed by atoms with Gasteiger partial charge in [0, 0.05) is 6.21 Å². The lowest BCUT2D eigenvalue weighted by Gasteiger charge is -2.13. The van der Waals surface area contributed by atoms with Gasteiger partial charge in [0.2, 0.25) is 0 Å². The lowest BCUT2D eigenvalue weighted by Crippen LogP contribution is -2.08. The molecule has 0 heterocycles. The summed E-state index contributed by atoms with van der Waals surface area (Å²) in [5.74, 6) is -0.227. The summed E-state index contributed by atoms with van der Waals surface area (Å²) < 4.78 is 12.7. The Morgan fingerprint density at radius 1 is 1.11 bits per heavy atom. The van der Waals surface area contributed by atoms with Gasteiger partial charge in [-0.05, 0) is 42.7 Å². The van der Waals surface area contributed by atoms with Crippen LogP contribution in [0.1, 0.15) is 12.8 Å². The second-order valence-electron chi connectivity index (χ2n) is 4.87. The van der Waals surface area contributed by atoms with Crippen molar-refractivity contribution in [2.24, 2.45) is 4.99 Å². The molecule has 0 fully saturated rings. The molecule has 1 aliphatic rings. The van der Waals surface area contributed by atoms with E-state index < -0.39 is 0 Å². The zero-order valence-electron chi connectivity index (χ0n) is 10.9. The summed E-state index contributed by atoms with van der Waals surface area (Å²) in [6.45, 7) is 5.06. The fourth-order valence-electron chi connectivity index (χ4n) is 1.94. The standard InChI is InChI=1S/C15H17BFN/c1-16(2)13-5-3-12(4-6-13)11-18-15-9-7-14(17)8-10-15/h3,5,7-11H,4,6H2,1-2H3. The van der Waals surface area contributed by atoms with Crippen molar-refractivity contribution in [3.8, 4) is 0 Å². The van der Waals surface area contributed by atoms with Crippen molar-refractivity contribution in [3.63, 3.8) is 0 Å². The van der Waals surface area contributed by atoms with Crippen LogP contribution < -0.4 is 0 Å². The summed E-state index contributed by atoms with van der Waals surface area (Å²) in [7, 11) is 0. The highest BCUT2D eigenvalue weighted by Crippen LogP contribution is 2.20. The van der Waals surface area contributed by atoms with Gasteiger partial charge in [0.1, 0.15) is 5.82 Å². The predicted molar refractivity (Wildman–Crippen MR) is 77.4 cm³/mol. The molecule has 18 heavy (non-hydrogen) atoms. The normalized spacial score (nSPS) is 15.5. The minimum absolute atomic E-state index is 0.227. The number of allylic oxidation sites excluding steroid dienone is 4. The van der Waals surface area contributed by atoms with Gasteiger partial charge in [-0.3, -0.25) is 4.99 Å². The first kappa shape index (κ1) is 12.8. The van der Waals surface area contributed by atoms with Gasteiger partial charge in [-0.25, -0.2) is 4.39 Å². The van der Waals surface area contributed by atoms with Crippen LogP contribution in [-0.2, 0) is 0 Å². The molecular weight excluding hydrogens is 224 g/mol. The van der Waals surface area contributed by atoms with E-state index in [1.165, 1.54) is 23.2 Å². The first-order valence-corrected chi connectivity index (χ1v) is 6.34. The van der Waals surface area contributed by atoms with Crippen molar-refractivity contribution in [2.45, 2.75) is 26.5 Å². The van der Waals surface area contributed by atoms with Crippen LogP contribution >= 0.6 is 0 Å². The monoisotopic (exact) mass is 241 g/mol. The second kappa shape index (κ2) is 5.81. The molecule has 92 valence electrons. The van der Waals surface area contributed by atoms with Gasteiger partial charge in [0.15, 0.2) is 6.71 Å². The lowest BCUT2D eigenvalue weighted by molar-refractivity contribution is 0.628. The molecule has 0 amide bonds. The molecule has 1 aromatic carbocycles. The summed E-state index contributed by atoms with van der Waals surface area (Å²) in [5.41, 5.74) is 3.51. The van der Waals surface area contributed by atoms with Crippen LogP contribution in [0.3, 0.4) is 0 Å². The summed E-state index contributed by atoms with van der Waals surface area (Å²) in [5, 5.41) is 0. The minimum atomic E-state index is -0.227. The number of nitrogens with zero attached hydrogens (tertiary/aromatic N) is 1. The third-order valence-electron chi connectivity index (χ3n) is 3.16. The number of hydrogen-bond donors (Lipinski definition) is 0. The van der Waals surface area contributed by atoms with E-state index in [9.17, 15) is 4.39 Å². The molecule has 0 spiro atoms. The van der Waals surface area contributed by atoms with E-state index in [0.29, 0.717) is 6.71 Å². The molecule has 2 rings (SSSR count). The molecule has 0 aromatic heterocycles. The van der Waals surface area contributed by atoms with Crippen LogP contribution in [0.25, 0.3) is 0 Å². The summed E-state index contributed by atoms with van der Waals surface area (Å²) >= 11 is 0. The Hall–Kier alpha value is -1.64. The topological polar surface area (TPSA) is 12.4 Å². The van der Waals surface area contributed by atoms with Gasteiger partial charge in [-0.15, -0.1) is 5.47 Å². The van der Waals surface area contributed by atoms with Crippen LogP contribution in [0.15, 0.2) is 52.5 Å². The van der Waals surface area contributed by atoms with Crippen molar-refractivity contribution >= 4 is 18.6 Å². The average Bonchev–Trinajstić information content (AvgIpc) is 2.38. The molecule has 0 saturated carbocycles. The highest BCUT2D eigenvalue weighted by atomic mass is 19.1. The molecule has 0 radical (unpaired) electrons. The maximum absolute atomic E-state index is 12.7. The predicted octanol–water partition coefficient (Wildman–Crippen LogP) is 4.47. The molecular formula is C15H17BFN. The number of rotatable bonds is 3. The van der Waals surface area contributed by atoms with Gasteiger partial charge in [0.05, 0.1) is 5.69 Å². The third kappa shape index (κ3) is 3.43. The molecule has 1 aliphatic carbocycles. The van der Waals surface area contributed by atoms with E-state index in [1.54, 1.807) is 12.1 Å². The zero-order valence-corrected chi connectivity index (χ0v) is 10.9. The van der Waals surface area contributed by atoms with Crippen molar-refractivity contribution < 1.29 is 4.39 Å². The number of hydrogen-bond acceptors (Lipinski definition) is 1. The first-order valence-electron chi connectivity index (χ1n) is 6.34. The van der Waals surface area contributed by atoms with E-state index in [-0.39, 0.29) is 5.82 Å². The number of benzene rings is 1. The van der Waals surface area contributed by atoms with E-state index in [2.05, 4.69) is 30.8 Å². The maximum atomic E-state index is 12.7. The summed E-state index contributed by atoms with van der Waals surface area (Å²) in [6.07, 6.45) is 8.35. The third-order valence-corrected chi connectivity index (χ3v) is 3.16. The Labute approximate surface area is 108 Å². The second-order valence-corrected chi connectivity index (χ2v) is 4.87. The van der Waals surface area contributed by atoms with Gasteiger partial charge in [-0.2, -0.15) is 0 Å². The number of aliphatic imine (C=N–C) groups is 1. The average molecular weight is 241 g/mol. The van der Waals surface area contributed by atoms with Crippen LogP contribution in [0.5, 0.6) is 0 Å². The Morgan fingerprint density at radius 3 is 2.39 bits per heavy atom. The minimum Gasteiger partial charge on any atom is -0.257 e. The van der Waals surface area contributed by atoms with E-state index in [4.69, 9.17) is 0 Å². The molecule has 0 bridgehead atoms. The van der Waals surface area contributed by atoms with Crippen LogP contribution in [0, 0.1) is 5.82 Å². The van der Waals surface area contributed by atoms with E-state index in [1.807, 2.05) is 6.21 Å². The quantitative estimate of drug-likeness (QED) is 0.547. The van der Waals surface area contributed by atoms with Crippen LogP contribution in [0.4, 0.5) is 10.1 Å². The van der Waals surface area contributed by atoms with Crippen molar-refractivity contribution in [3.05, 3.63) is 53.3 Å². The van der Waals surface area contributed by atoms with Crippen molar-refractivity contribution in [2.75, 3.05) is 0 Å². The molecule has 0 aliphatic heterocycles. The van der Waals surface area contributed by atoms with E-state index >= 15 is 0 Å². The zero-order chi connectivity index (χ0) is 13.0. The Balaban J connectivity index is 2.04. The van der Waals surface area contributed by atoms with Gasteiger partial charge in [0.25, 0.3) is 0 Å². The smallest absolute Gasteiger partial charge is 0.164 e. The van der Waals surface area contributed by atoms with E-state index in [0.717, 1.165) is 18.5 Å². The summed E-state index contributed by atoms with van der Waals surface area (Å²) in [6, 6.07) is 6.23. The highest BCUT2D eigenvalue weighted by Gasteiger charge is 2.09. The SMILES string of the molecule is CB(C)C1=CC=C(C=Nc2ccc(F)cc2)CC1. The molecule has 1 aromatic rings. The largest absolute Gasteiger partial charge is 0.257 e. The van der Waals surface area contributed by atoms with Crippen LogP contribution in [0.2, 0.25) is 13.6 Å². The summed E-state index contributed by atoms with van der Waals surface area (Å²) in [4.78, 5) is 4.35. The molecule has 0 unspecified atom stereocenters. The molecule has 0 saturated heterocycles. The Morgan fingerprint density at radius 2 is 1.83 bits per heavy atom. The fraction of sp³-hybridized carbons (Fsp3) is 0.267. The Kier molecular flexibility index (Phi) is 4.13. The van der Waals surface area contributed by atoms with Crippen molar-refractivity contribution in [1.29, 1.82) is 0 Å². The van der Waals surface area contributed by atoms with Gasteiger partial charge in [-0.1, -0.05) is 25.8 Å². The number of halogens is 1. The molecule has 1 nitrogen and oxygen atoms in total. The maximum Gasteiger partial charge on any atom is 0.164 e. The Bertz CT molecular complexity index is 498. The van der Waals surface area contributed by atoms with Crippen molar-refractivity contribution in [1.82, 2.24) is 0 Å². The van der Waals surface area contributed by atoms with Crippen LogP contribution in [-0.4, -0.2) is 12.9 Å².